The third-order valence-corrected chi connectivity index (χ3v) is 4.17. The van der Waals surface area contributed by atoms with Crippen LogP contribution in [0.2, 0.25) is 0 Å². The number of methoxy groups -OCH3 is 1. The van der Waals surface area contributed by atoms with Crippen LogP contribution in [0.1, 0.15) is 13.3 Å². The first-order valence-electron chi connectivity index (χ1n) is 6.47. The van der Waals surface area contributed by atoms with Gasteiger partial charge in [0.2, 0.25) is 5.91 Å². The van der Waals surface area contributed by atoms with Gasteiger partial charge in [-0.15, -0.1) is 0 Å². The fourth-order valence-corrected chi connectivity index (χ4v) is 3.15. The number of amidine groups is 1. The number of aliphatic imine (C=N–C) groups is 1. The zero-order chi connectivity index (χ0) is 15.4. The molecule has 1 saturated heterocycles. The number of hydrogen-bond donors (Lipinski definition) is 1. The average molecular weight is 308 g/mol. The zero-order valence-corrected chi connectivity index (χ0v) is 12.6. The standard InChI is InChI=1S/C14H16N2O4S/c1-3-16-13(19)11(8-12(17)18)21-14(16)15-9-4-6-10(20-2)7-5-9/h4-7,11H,3,8H2,1-2H3,(H,17,18)/t11-/m1/s1. The molecule has 0 unspecified atom stereocenters. The number of carbonyl (C=O) groups is 2. The molecule has 1 amide bonds. The van der Waals surface area contributed by atoms with E-state index in [1.807, 2.05) is 6.92 Å². The Hall–Kier alpha value is -2.02. The van der Waals surface area contributed by atoms with Crippen molar-refractivity contribution in [3.05, 3.63) is 24.3 Å². The van der Waals surface area contributed by atoms with E-state index in [0.29, 0.717) is 17.4 Å². The van der Waals surface area contributed by atoms with Crippen LogP contribution in [0.4, 0.5) is 5.69 Å². The quantitative estimate of drug-likeness (QED) is 0.901. The Morgan fingerprint density at radius 2 is 2.10 bits per heavy atom. The number of benzene rings is 1. The molecule has 1 fully saturated rings. The maximum Gasteiger partial charge on any atom is 0.305 e. The van der Waals surface area contributed by atoms with Crippen LogP contribution in [0.15, 0.2) is 29.3 Å². The van der Waals surface area contributed by atoms with Crippen molar-refractivity contribution in [3.8, 4) is 5.75 Å². The highest BCUT2D eigenvalue weighted by molar-refractivity contribution is 8.15. The molecule has 2 rings (SSSR count). The van der Waals surface area contributed by atoms with Gasteiger partial charge in [0, 0.05) is 6.54 Å². The number of carbonyl (C=O) groups excluding carboxylic acids is 1. The van der Waals surface area contributed by atoms with Crippen LogP contribution >= 0.6 is 11.8 Å². The Morgan fingerprint density at radius 3 is 2.62 bits per heavy atom. The van der Waals surface area contributed by atoms with Crippen LogP contribution < -0.4 is 4.74 Å². The van der Waals surface area contributed by atoms with Crippen molar-refractivity contribution in [1.29, 1.82) is 0 Å². The smallest absolute Gasteiger partial charge is 0.305 e. The molecule has 0 aliphatic carbocycles. The number of hydrogen-bond acceptors (Lipinski definition) is 5. The normalized spacial score (nSPS) is 20.1. The van der Waals surface area contributed by atoms with Crippen molar-refractivity contribution < 1.29 is 19.4 Å². The van der Waals surface area contributed by atoms with E-state index in [0.717, 1.165) is 5.75 Å². The van der Waals surface area contributed by atoms with Gasteiger partial charge in [-0.05, 0) is 31.2 Å². The highest BCUT2D eigenvalue weighted by atomic mass is 32.2. The van der Waals surface area contributed by atoms with Crippen LogP contribution in [0.5, 0.6) is 5.75 Å². The van der Waals surface area contributed by atoms with Gasteiger partial charge >= 0.3 is 5.97 Å². The maximum absolute atomic E-state index is 12.1. The molecule has 0 radical (unpaired) electrons. The van der Waals surface area contributed by atoms with Gasteiger partial charge in [-0.3, -0.25) is 14.5 Å². The number of aliphatic carboxylic acids is 1. The highest BCUT2D eigenvalue weighted by Gasteiger charge is 2.38. The molecule has 7 heteroatoms. The maximum atomic E-state index is 12.1. The molecule has 1 aromatic carbocycles. The molecule has 1 aromatic rings. The summed E-state index contributed by atoms with van der Waals surface area (Å²) in [5.74, 6) is -0.454. The van der Waals surface area contributed by atoms with E-state index < -0.39 is 11.2 Å². The largest absolute Gasteiger partial charge is 0.497 e. The fraction of sp³-hybridized carbons (Fsp3) is 0.357. The molecule has 21 heavy (non-hydrogen) atoms. The molecule has 1 heterocycles. The molecule has 1 aliphatic heterocycles. The van der Waals surface area contributed by atoms with Gasteiger partial charge < -0.3 is 9.84 Å². The molecular weight excluding hydrogens is 292 g/mol. The summed E-state index contributed by atoms with van der Waals surface area (Å²) >= 11 is 1.20. The Kier molecular flexibility index (Phi) is 4.85. The summed E-state index contributed by atoms with van der Waals surface area (Å²) < 4.78 is 5.08. The van der Waals surface area contributed by atoms with E-state index in [2.05, 4.69) is 4.99 Å². The SMILES string of the molecule is CCN1C(=O)[C@@H](CC(=O)O)SC1=Nc1ccc(OC)cc1. The first-order valence-corrected chi connectivity index (χ1v) is 7.35. The van der Waals surface area contributed by atoms with Crippen molar-refractivity contribution in [2.45, 2.75) is 18.6 Å². The first-order chi connectivity index (χ1) is 10.0. The summed E-state index contributed by atoms with van der Waals surface area (Å²) in [4.78, 5) is 28.9. The lowest BCUT2D eigenvalue weighted by molar-refractivity contribution is -0.139. The summed E-state index contributed by atoms with van der Waals surface area (Å²) in [5, 5.41) is 8.79. The van der Waals surface area contributed by atoms with Crippen LogP contribution in [0.3, 0.4) is 0 Å². The van der Waals surface area contributed by atoms with Crippen molar-refractivity contribution in [2.75, 3.05) is 13.7 Å². The number of nitrogens with zero attached hydrogens (tertiary/aromatic N) is 2. The Morgan fingerprint density at radius 1 is 1.43 bits per heavy atom. The summed E-state index contributed by atoms with van der Waals surface area (Å²) in [6, 6.07) is 7.14. The molecule has 1 atom stereocenters. The molecular formula is C14H16N2O4S. The van der Waals surface area contributed by atoms with Crippen LogP contribution in [0, 0.1) is 0 Å². The van der Waals surface area contributed by atoms with Crippen molar-refractivity contribution in [1.82, 2.24) is 4.90 Å². The third-order valence-electron chi connectivity index (χ3n) is 2.99. The molecule has 0 spiro atoms. The Bertz CT molecular complexity index is 571. The highest BCUT2D eigenvalue weighted by Crippen LogP contribution is 2.31. The van der Waals surface area contributed by atoms with Gasteiger partial charge in [-0.25, -0.2) is 4.99 Å². The topological polar surface area (TPSA) is 79.2 Å². The van der Waals surface area contributed by atoms with E-state index in [1.165, 1.54) is 16.7 Å². The van der Waals surface area contributed by atoms with Crippen LogP contribution in [-0.4, -0.2) is 46.0 Å². The summed E-state index contributed by atoms with van der Waals surface area (Å²) in [7, 11) is 1.59. The Balaban J connectivity index is 2.22. The van der Waals surface area contributed by atoms with Gasteiger partial charge in [-0.1, -0.05) is 11.8 Å². The second-order valence-electron chi connectivity index (χ2n) is 4.38. The van der Waals surface area contributed by atoms with E-state index in [9.17, 15) is 9.59 Å². The van der Waals surface area contributed by atoms with Gasteiger partial charge in [0.1, 0.15) is 11.0 Å². The Labute approximate surface area is 126 Å². The van der Waals surface area contributed by atoms with Crippen LogP contribution in [-0.2, 0) is 9.59 Å². The number of carboxylic acids is 1. The van der Waals surface area contributed by atoms with E-state index in [4.69, 9.17) is 9.84 Å². The number of thioether (sulfide) groups is 1. The van der Waals surface area contributed by atoms with E-state index in [-0.39, 0.29) is 12.3 Å². The van der Waals surface area contributed by atoms with Gasteiger partial charge in [-0.2, -0.15) is 0 Å². The monoisotopic (exact) mass is 308 g/mol. The summed E-state index contributed by atoms with van der Waals surface area (Å²) in [6.07, 6.45) is -0.193. The first kappa shape index (κ1) is 15.4. The van der Waals surface area contributed by atoms with Gasteiger partial charge in [0.15, 0.2) is 5.17 Å². The number of ether oxygens (including phenoxy) is 1. The summed E-state index contributed by atoms with van der Waals surface area (Å²) in [6.45, 7) is 2.31. The fourth-order valence-electron chi connectivity index (χ4n) is 1.94. The second kappa shape index (κ2) is 6.62. The third kappa shape index (κ3) is 3.55. The molecule has 1 aliphatic rings. The van der Waals surface area contributed by atoms with E-state index in [1.54, 1.807) is 31.4 Å². The molecule has 1 N–H and O–H groups in total. The predicted molar refractivity (Wildman–Crippen MR) is 81.1 cm³/mol. The van der Waals surface area contributed by atoms with Gasteiger partial charge in [0.05, 0.1) is 19.2 Å². The lowest BCUT2D eigenvalue weighted by atomic mass is 10.3. The van der Waals surface area contributed by atoms with Crippen molar-refractivity contribution >= 4 is 34.5 Å². The zero-order valence-electron chi connectivity index (χ0n) is 11.8. The lowest BCUT2D eigenvalue weighted by Crippen LogP contribution is -2.32. The molecule has 0 aromatic heterocycles. The molecule has 0 bridgehead atoms. The molecule has 0 saturated carbocycles. The van der Waals surface area contributed by atoms with Crippen LogP contribution in [0.25, 0.3) is 0 Å². The predicted octanol–water partition coefficient (Wildman–Crippen LogP) is 2.12. The number of amides is 1. The van der Waals surface area contributed by atoms with E-state index >= 15 is 0 Å². The van der Waals surface area contributed by atoms with Gasteiger partial charge in [0.25, 0.3) is 0 Å². The summed E-state index contributed by atoms with van der Waals surface area (Å²) in [5.41, 5.74) is 0.695. The average Bonchev–Trinajstić information content (AvgIpc) is 2.74. The van der Waals surface area contributed by atoms with Crippen molar-refractivity contribution in [3.63, 3.8) is 0 Å². The minimum atomic E-state index is -0.984. The number of rotatable bonds is 5. The molecule has 112 valence electrons. The number of carboxylic acid groups (broad SMARTS) is 1. The lowest BCUT2D eigenvalue weighted by Gasteiger charge is -2.13. The minimum absolute atomic E-state index is 0.193. The minimum Gasteiger partial charge on any atom is -0.497 e. The molecule has 6 nitrogen and oxygen atoms in total. The second-order valence-corrected chi connectivity index (χ2v) is 5.55. The van der Waals surface area contributed by atoms with Crippen molar-refractivity contribution in [2.24, 2.45) is 4.99 Å².